The molecule has 0 amide bonds. The molecule has 1 aliphatic carbocycles. The van der Waals surface area contributed by atoms with Gasteiger partial charge in [0, 0.05) is 17.6 Å². The molecule has 1 aromatic carbocycles. The summed E-state index contributed by atoms with van der Waals surface area (Å²) in [6, 6.07) is 5.61. The second kappa shape index (κ2) is 3.76. The van der Waals surface area contributed by atoms with E-state index in [9.17, 15) is 4.79 Å². The number of fused-ring (bicyclic) bond motifs is 1. The van der Waals surface area contributed by atoms with Crippen LogP contribution in [0.4, 0.5) is 0 Å². The van der Waals surface area contributed by atoms with Crippen LogP contribution in [0.25, 0.3) is 0 Å². The van der Waals surface area contributed by atoms with E-state index in [0.717, 1.165) is 29.5 Å². The molecule has 0 aliphatic heterocycles. The first-order valence-electron chi connectivity index (χ1n) is 5.25. The average Bonchev–Trinajstić information content (AvgIpc) is 2.23. The number of nitrogens with two attached hydrogens (primary N) is 2. The number of carbonyl (C=O) groups excluding carboxylic acids is 1. The van der Waals surface area contributed by atoms with Gasteiger partial charge < -0.3 is 11.5 Å². The van der Waals surface area contributed by atoms with Gasteiger partial charge in [-0.05, 0) is 30.9 Å². The van der Waals surface area contributed by atoms with E-state index in [1.54, 1.807) is 6.92 Å². The Morgan fingerprint density at radius 1 is 1.40 bits per heavy atom. The van der Waals surface area contributed by atoms with Crippen molar-refractivity contribution in [3.63, 3.8) is 0 Å². The van der Waals surface area contributed by atoms with Crippen molar-refractivity contribution in [3.05, 3.63) is 34.9 Å². The van der Waals surface area contributed by atoms with E-state index < -0.39 is 0 Å². The molecule has 3 nitrogen and oxygen atoms in total. The molecule has 0 radical (unpaired) electrons. The Kier molecular flexibility index (Phi) is 2.59. The number of carbonyl (C=O) groups is 1. The Hall–Kier alpha value is -1.19. The summed E-state index contributed by atoms with van der Waals surface area (Å²) in [6.45, 7) is 1.59. The van der Waals surface area contributed by atoms with Gasteiger partial charge in [-0.2, -0.15) is 0 Å². The van der Waals surface area contributed by atoms with Gasteiger partial charge in [0.25, 0.3) is 0 Å². The zero-order valence-corrected chi connectivity index (χ0v) is 8.86. The summed E-state index contributed by atoms with van der Waals surface area (Å²) in [5.74, 6) is 0.106. The third-order valence-electron chi connectivity index (χ3n) is 3.14. The van der Waals surface area contributed by atoms with Crippen molar-refractivity contribution in [1.29, 1.82) is 0 Å². The molecule has 3 heteroatoms. The molecule has 0 bridgehead atoms. The van der Waals surface area contributed by atoms with Gasteiger partial charge in [-0.15, -0.1) is 0 Å². The maximum absolute atomic E-state index is 11.4. The van der Waals surface area contributed by atoms with E-state index in [1.165, 1.54) is 0 Å². The zero-order valence-electron chi connectivity index (χ0n) is 8.86. The minimum atomic E-state index is -0.131. The third-order valence-corrected chi connectivity index (χ3v) is 3.14. The summed E-state index contributed by atoms with van der Waals surface area (Å²) in [4.78, 5) is 11.4. The van der Waals surface area contributed by atoms with Crippen molar-refractivity contribution in [2.75, 3.05) is 0 Å². The lowest BCUT2D eigenvalue weighted by Crippen LogP contribution is -2.38. The molecular weight excluding hydrogens is 188 g/mol. The van der Waals surface area contributed by atoms with E-state index >= 15 is 0 Å². The molecule has 0 saturated heterocycles. The number of hydrogen-bond donors (Lipinski definition) is 2. The molecule has 0 saturated carbocycles. The molecule has 0 fully saturated rings. The molecule has 80 valence electrons. The van der Waals surface area contributed by atoms with E-state index in [1.807, 2.05) is 18.2 Å². The number of Topliss-reactive ketones (excluding diaryl/α,β-unsaturated/α-hetero) is 1. The van der Waals surface area contributed by atoms with Crippen LogP contribution in [0.3, 0.4) is 0 Å². The van der Waals surface area contributed by atoms with Crippen LogP contribution in [-0.2, 0) is 6.42 Å². The highest BCUT2D eigenvalue weighted by Crippen LogP contribution is 2.29. The molecule has 1 aliphatic rings. The highest BCUT2D eigenvalue weighted by atomic mass is 16.1. The number of hydrogen-bond acceptors (Lipinski definition) is 3. The van der Waals surface area contributed by atoms with E-state index in [2.05, 4.69) is 0 Å². The topological polar surface area (TPSA) is 69.1 Å². The van der Waals surface area contributed by atoms with Gasteiger partial charge in [0.15, 0.2) is 5.78 Å². The van der Waals surface area contributed by atoms with Crippen LogP contribution >= 0.6 is 0 Å². The number of ketones is 1. The van der Waals surface area contributed by atoms with Gasteiger partial charge in [0.05, 0.1) is 0 Å². The second-order valence-corrected chi connectivity index (χ2v) is 4.16. The fourth-order valence-corrected chi connectivity index (χ4v) is 2.25. The maximum atomic E-state index is 11.4. The summed E-state index contributed by atoms with van der Waals surface area (Å²) in [7, 11) is 0. The van der Waals surface area contributed by atoms with E-state index in [-0.39, 0.29) is 17.9 Å². The molecule has 15 heavy (non-hydrogen) atoms. The highest BCUT2D eigenvalue weighted by molar-refractivity contribution is 5.96. The SMILES string of the molecule is CC(=O)c1cccc2c1CCC(N)[C@@H]2N. The first-order valence-corrected chi connectivity index (χ1v) is 5.25. The third kappa shape index (κ3) is 1.68. The van der Waals surface area contributed by atoms with Crippen molar-refractivity contribution in [1.82, 2.24) is 0 Å². The Morgan fingerprint density at radius 2 is 2.13 bits per heavy atom. The quantitative estimate of drug-likeness (QED) is 0.674. The Labute approximate surface area is 89.5 Å². The van der Waals surface area contributed by atoms with Crippen LogP contribution in [0.2, 0.25) is 0 Å². The zero-order chi connectivity index (χ0) is 11.0. The van der Waals surface area contributed by atoms with Gasteiger partial charge in [-0.1, -0.05) is 18.2 Å². The predicted octanol–water partition coefficient (Wildman–Crippen LogP) is 1.16. The van der Waals surface area contributed by atoms with Gasteiger partial charge in [0.1, 0.15) is 0 Å². The van der Waals surface area contributed by atoms with Crippen LogP contribution in [0.1, 0.15) is 40.9 Å². The smallest absolute Gasteiger partial charge is 0.160 e. The number of benzene rings is 1. The monoisotopic (exact) mass is 204 g/mol. The lowest BCUT2D eigenvalue weighted by molar-refractivity contribution is 0.101. The fraction of sp³-hybridized carbons (Fsp3) is 0.417. The minimum absolute atomic E-state index is 0.0136. The summed E-state index contributed by atoms with van der Waals surface area (Å²) in [5, 5.41) is 0. The Balaban J connectivity index is 2.53. The van der Waals surface area contributed by atoms with Crippen LogP contribution < -0.4 is 11.5 Å². The van der Waals surface area contributed by atoms with Crippen LogP contribution in [0.5, 0.6) is 0 Å². The molecule has 2 rings (SSSR count). The van der Waals surface area contributed by atoms with Crippen molar-refractivity contribution >= 4 is 5.78 Å². The minimum Gasteiger partial charge on any atom is -0.326 e. The molecule has 0 aromatic heterocycles. The van der Waals surface area contributed by atoms with Crippen LogP contribution in [0, 0.1) is 0 Å². The first-order chi connectivity index (χ1) is 7.11. The fourth-order valence-electron chi connectivity index (χ4n) is 2.25. The molecule has 4 N–H and O–H groups in total. The van der Waals surface area contributed by atoms with E-state index in [4.69, 9.17) is 11.5 Å². The molecule has 0 heterocycles. The van der Waals surface area contributed by atoms with Crippen LogP contribution in [-0.4, -0.2) is 11.8 Å². The second-order valence-electron chi connectivity index (χ2n) is 4.16. The van der Waals surface area contributed by atoms with Crippen LogP contribution in [0.15, 0.2) is 18.2 Å². The van der Waals surface area contributed by atoms with Gasteiger partial charge in [-0.25, -0.2) is 0 Å². The van der Waals surface area contributed by atoms with Crippen molar-refractivity contribution in [3.8, 4) is 0 Å². The molecule has 1 unspecified atom stereocenters. The average molecular weight is 204 g/mol. The summed E-state index contributed by atoms with van der Waals surface area (Å²) < 4.78 is 0. The summed E-state index contributed by atoms with van der Waals surface area (Å²) >= 11 is 0. The summed E-state index contributed by atoms with van der Waals surface area (Å²) in [6.07, 6.45) is 1.72. The van der Waals surface area contributed by atoms with Gasteiger partial charge in [0.2, 0.25) is 0 Å². The molecular formula is C12H16N2O. The lowest BCUT2D eigenvalue weighted by atomic mass is 9.82. The van der Waals surface area contributed by atoms with Gasteiger partial charge in [-0.3, -0.25) is 4.79 Å². The summed E-state index contributed by atoms with van der Waals surface area (Å²) in [5.41, 5.74) is 14.9. The van der Waals surface area contributed by atoms with Crippen molar-refractivity contribution < 1.29 is 4.79 Å². The largest absolute Gasteiger partial charge is 0.326 e. The van der Waals surface area contributed by atoms with Crippen molar-refractivity contribution in [2.24, 2.45) is 11.5 Å². The first kappa shape index (κ1) is 10.3. The Bertz CT molecular complexity index is 401. The van der Waals surface area contributed by atoms with Crippen molar-refractivity contribution in [2.45, 2.75) is 31.8 Å². The predicted molar refractivity (Wildman–Crippen MR) is 59.7 cm³/mol. The number of rotatable bonds is 1. The molecule has 0 spiro atoms. The standard InChI is InChI=1S/C12H16N2O/c1-7(15)8-3-2-4-10-9(8)5-6-11(13)12(10)14/h2-4,11-12H,5-6,13-14H2,1H3/t11?,12-/m1/s1. The van der Waals surface area contributed by atoms with E-state index in [0.29, 0.717) is 0 Å². The maximum Gasteiger partial charge on any atom is 0.160 e. The molecule has 2 atom stereocenters. The van der Waals surface area contributed by atoms with Gasteiger partial charge >= 0.3 is 0 Å². The molecule has 1 aromatic rings. The Morgan fingerprint density at radius 3 is 2.80 bits per heavy atom. The lowest BCUT2D eigenvalue weighted by Gasteiger charge is -2.29. The highest BCUT2D eigenvalue weighted by Gasteiger charge is 2.25. The normalized spacial score (nSPS) is 24.7.